The van der Waals surface area contributed by atoms with Crippen molar-refractivity contribution in [3.05, 3.63) is 31.7 Å². The highest BCUT2D eigenvalue weighted by atomic mass is 32.1. The molecule has 3 nitrogen and oxygen atoms in total. The first-order chi connectivity index (χ1) is 7.65. The van der Waals surface area contributed by atoms with Gasteiger partial charge in [0.15, 0.2) is 0 Å². The smallest absolute Gasteiger partial charge is 0.107 e. The molecule has 0 saturated carbocycles. The molecule has 5 heteroatoms. The Hall–Kier alpha value is -0.780. The van der Waals surface area contributed by atoms with Crippen LogP contribution < -0.4 is 5.32 Å². The summed E-state index contributed by atoms with van der Waals surface area (Å²) >= 11 is 3.47. The van der Waals surface area contributed by atoms with Crippen molar-refractivity contribution >= 4 is 22.7 Å². The van der Waals surface area contributed by atoms with E-state index >= 15 is 0 Å². The minimum atomic E-state index is 0.830. The highest BCUT2D eigenvalue weighted by molar-refractivity contribution is 7.11. The Labute approximate surface area is 104 Å². The minimum Gasteiger partial charge on any atom is -0.304 e. The van der Waals surface area contributed by atoms with E-state index in [-0.39, 0.29) is 0 Å². The second-order valence-corrected chi connectivity index (χ2v) is 5.97. The average Bonchev–Trinajstić information content (AvgIpc) is 2.75. The molecule has 16 heavy (non-hydrogen) atoms. The van der Waals surface area contributed by atoms with Crippen LogP contribution >= 0.6 is 22.7 Å². The Kier molecular flexibility index (Phi) is 3.68. The number of hydrogen-bond donors (Lipinski definition) is 1. The van der Waals surface area contributed by atoms with Crippen LogP contribution in [0.3, 0.4) is 0 Å². The molecule has 0 unspecified atom stereocenters. The predicted octanol–water partition coefficient (Wildman–Crippen LogP) is 2.81. The van der Waals surface area contributed by atoms with Gasteiger partial charge in [-0.15, -0.1) is 22.7 Å². The monoisotopic (exact) mass is 253 g/mol. The van der Waals surface area contributed by atoms with Crippen molar-refractivity contribution in [1.82, 2.24) is 15.3 Å². The van der Waals surface area contributed by atoms with Gasteiger partial charge >= 0.3 is 0 Å². The van der Waals surface area contributed by atoms with E-state index in [0.29, 0.717) is 0 Å². The van der Waals surface area contributed by atoms with E-state index in [1.54, 1.807) is 22.7 Å². The quantitative estimate of drug-likeness (QED) is 0.910. The fourth-order valence-corrected chi connectivity index (χ4v) is 3.02. The molecule has 0 spiro atoms. The number of nitrogens with zero attached hydrogens (tertiary/aromatic N) is 2. The molecule has 0 aliphatic carbocycles. The highest BCUT2D eigenvalue weighted by Crippen LogP contribution is 2.16. The summed E-state index contributed by atoms with van der Waals surface area (Å²) in [6, 6.07) is 0. The van der Waals surface area contributed by atoms with E-state index in [1.165, 1.54) is 4.88 Å². The second kappa shape index (κ2) is 5.03. The molecule has 0 atom stereocenters. The van der Waals surface area contributed by atoms with Crippen LogP contribution in [0.25, 0.3) is 0 Å². The molecule has 86 valence electrons. The van der Waals surface area contributed by atoms with Crippen molar-refractivity contribution in [2.24, 2.45) is 0 Å². The Balaban J connectivity index is 1.84. The van der Waals surface area contributed by atoms with Gasteiger partial charge in [0.25, 0.3) is 0 Å². The van der Waals surface area contributed by atoms with Gasteiger partial charge in [0.05, 0.1) is 5.69 Å². The molecule has 2 rings (SSSR count). The molecule has 0 amide bonds. The molecule has 2 aromatic rings. The molecular weight excluding hydrogens is 238 g/mol. The zero-order valence-corrected chi connectivity index (χ0v) is 11.3. The lowest BCUT2D eigenvalue weighted by Gasteiger charge is -1.98. The SMILES string of the molecule is Cc1csc(CNCc2nc(C)c(C)s2)n1. The molecule has 0 radical (unpaired) electrons. The molecule has 0 fully saturated rings. The molecular formula is C11H15N3S2. The standard InChI is InChI=1S/C11H15N3S2/c1-7-6-15-10(13-7)4-12-5-11-14-8(2)9(3)16-11/h6,12H,4-5H2,1-3H3. The third-order valence-corrected chi connectivity index (χ3v) is 4.33. The van der Waals surface area contributed by atoms with Crippen molar-refractivity contribution in [2.45, 2.75) is 33.9 Å². The van der Waals surface area contributed by atoms with Crippen molar-refractivity contribution in [3.63, 3.8) is 0 Å². The Morgan fingerprint density at radius 3 is 2.44 bits per heavy atom. The van der Waals surface area contributed by atoms with Crippen molar-refractivity contribution in [3.8, 4) is 0 Å². The van der Waals surface area contributed by atoms with Crippen LogP contribution in [-0.2, 0) is 13.1 Å². The number of aromatic nitrogens is 2. The molecule has 2 aromatic heterocycles. The lowest BCUT2D eigenvalue weighted by Crippen LogP contribution is -2.12. The van der Waals surface area contributed by atoms with Crippen LogP contribution in [0.1, 0.15) is 26.3 Å². The van der Waals surface area contributed by atoms with E-state index in [2.05, 4.69) is 34.5 Å². The van der Waals surface area contributed by atoms with Gasteiger partial charge in [-0.05, 0) is 20.8 Å². The lowest BCUT2D eigenvalue weighted by atomic mass is 10.4. The maximum absolute atomic E-state index is 4.49. The number of aryl methyl sites for hydroxylation is 3. The van der Waals surface area contributed by atoms with Crippen LogP contribution in [0, 0.1) is 20.8 Å². The van der Waals surface area contributed by atoms with Gasteiger partial charge in [-0.25, -0.2) is 9.97 Å². The third-order valence-electron chi connectivity index (χ3n) is 2.29. The third kappa shape index (κ3) is 2.87. The Morgan fingerprint density at radius 2 is 1.88 bits per heavy atom. The molecule has 2 heterocycles. The van der Waals surface area contributed by atoms with E-state index in [9.17, 15) is 0 Å². The van der Waals surface area contributed by atoms with E-state index < -0.39 is 0 Å². The predicted molar refractivity (Wildman–Crippen MR) is 69.0 cm³/mol. The fourth-order valence-electron chi connectivity index (χ4n) is 1.38. The molecule has 0 saturated heterocycles. The fraction of sp³-hybridized carbons (Fsp3) is 0.455. The summed E-state index contributed by atoms with van der Waals surface area (Å²) in [5, 5.41) is 7.74. The van der Waals surface area contributed by atoms with Gasteiger partial charge in [-0.2, -0.15) is 0 Å². The zero-order valence-electron chi connectivity index (χ0n) is 9.70. The van der Waals surface area contributed by atoms with Crippen molar-refractivity contribution in [1.29, 1.82) is 0 Å². The van der Waals surface area contributed by atoms with Crippen LogP contribution in [0.15, 0.2) is 5.38 Å². The summed E-state index contributed by atoms with van der Waals surface area (Å²) in [7, 11) is 0. The van der Waals surface area contributed by atoms with Gasteiger partial charge in [-0.1, -0.05) is 0 Å². The molecule has 0 aromatic carbocycles. The first kappa shape index (κ1) is 11.7. The second-order valence-electron chi connectivity index (χ2n) is 3.74. The van der Waals surface area contributed by atoms with Gasteiger partial charge in [-0.3, -0.25) is 0 Å². The summed E-state index contributed by atoms with van der Waals surface area (Å²) in [5.74, 6) is 0. The average molecular weight is 253 g/mol. The number of hydrogen-bond acceptors (Lipinski definition) is 5. The van der Waals surface area contributed by atoms with Crippen molar-refractivity contribution < 1.29 is 0 Å². The number of thiazole rings is 2. The Morgan fingerprint density at radius 1 is 1.12 bits per heavy atom. The number of rotatable bonds is 4. The van der Waals surface area contributed by atoms with Crippen molar-refractivity contribution in [2.75, 3.05) is 0 Å². The maximum Gasteiger partial charge on any atom is 0.107 e. The maximum atomic E-state index is 4.49. The van der Waals surface area contributed by atoms with Crippen LogP contribution in [-0.4, -0.2) is 9.97 Å². The molecule has 0 aliphatic rings. The first-order valence-corrected chi connectivity index (χ1v) is 6.89. The zero-order chi connectivity index (χ0) is 11.5. The summed E-state index contributed by atoms with van der Waals surface area (Å²) < 4.78 is 0. The van der Waals surface area contributed by atoms with Gasteiger partial charge in [0.1, 0.15) is 10.0 Å². The van der Waals surface area contributed by atoms with E-state index in [4.69, 9.17) is 0 Å². The summed E-state index contributed by atoms with van der Waals surface area (Å²) in [6.45, 7) is 7.85. The number of nitrogens with one attached hydrogen (secondary N) is 1. The molecule has 0 bridgehead atoms. The molecule has 0 aliphatic heterocycles. The largest absolute Gasteiger partial charge is 0.304 e. The molecule has 1 N–H and O–H groups in total. The normalized spacial score (nSPS) is 10.9. The van der Waals surface area contributed by atoms with E-state index in [0.717, 1.165) is 34.5 Å². The van der Waals surface area contributed by atoms with Gasteiger partial charge < -0.3 is 5.32 Å². The summed E-state index contributed by atoms with van der Waals surface area (Å²) in [6.07, 6.45) is 0. The van der Waals surface area contributed by atoms with Crippen LogP contribution in [0.2, 0.25) is 0 Å². The van der Waals surface area contributed by atoms with Gasteiger partial charge in [0.2, 0.25) is 0 Å². The first-order valence-electron chi connectivity index (χ1n) is 5.20. The van der Waals surface area contributed by atoms with Crippen LogP contribution in [0.4, 0.5) is 0 Å². The lowest BCUT2D eigenvalue weighted by molar-refractivity contribution is 0.684. The topological polar surface area (TPSA) is 37.8 Å². The van der Waals surface area contributed by atoms with E-state index in [1.807, 2.05) is 6.92 Å². The summed E-state index contributed by atoms with van der Waals surface area (Å²) in [5.41, 5.74) is 2.25. The highest BCUT2D eigenvalue weighted by Gasteiger charge is 2.03. The van der Waals surface area contributed by atoms with Gasteiger partial charge in [0, 0.05) is 29.0 Å². The van der Waals surface area contributed by atoms with Crippen LogP contribution in [0.5, 0.6) is 0 Å². The Bertz CT molecular complexity index is 454. The summed E-state index contributed by atoms with van der Waals surface area (Å²) in [4.78, 5) is 10.2. The minimum absolute atomic E-state index is 0.830.